The first-order valence-corrected chi connectivity index (χ1v) is 5.82. The lowest BCUT2D eigenvalue weighted by atomic mass is 10.0. The van der Waals surface area contributed by atoms with Crippen LogP contribution in [0.3, 0.4) is 0 Å². The van der Waals surface area contributed by atoms with E-state index >= 15 is 0 Å². The highest BCUT2D eigenvalue weighted by atomic mass is 16.1. The highest BCUT2D eigenvalue weighted by molar-refractivity contribution is 6.30. The largest absolute Gasteiger partial charge is 0.310 e. The number of pyridine rings is 1. The molecule has 0 spiro atoms. The van der Waals surface area contributed by atoms with Gasteiger partial charge < -0.3 is 5.32 Å². The molecule has 0 unspecified atom stereocenters. The lowest BCUT2D eigenvalue weighted by molar-refractivity contribution is -0.118. The fourth-order valence-electron chi connectivity index (χ4n) is 1.43. The highest BCUT2D eigenvalue weighted by Crippen LogP contribution is 2.13. The number of carbonyl (C=O) groups excluding carboxylic acids is 1. The number of hydrogen-bond donors (Lipinski definition) is 1. The van der Waals surface area contributed by atoms with E-state index in [-0.39, 0.29) is 11.8 Å². The third kappa shape index (κ3) is 3.37. The summed E-state index contributed by atoms with van der Waals surface area (Å²) in [6, 6.07) is 4.03. The molecular formula is C12H19BN2O. The second-order valence-corrected chi connectivity index (χ2v) is 4.35. The third-order valence-corrected chi connectivity index (χ3v) is 2.40. The monoisotopic (exact) mass is 218 g/mol. The third-order valence-electron chi connectivity index (χ3n) is 2.40. The van der Waals surface area contributed by atoms with Crippen molar-refractivity contribution in [1.82, 2.24) is 4.98 Å². The molecule has 1 amide bonds. The molecule has 0 fully saturated rings. The Kier molecular flexibility index (Phi) is 4.53. The minimum absolute atomic E-state index is 0.0169. The number of nitrogens with one attached hydrogen (secondary N) is 1. The van der Waals surface area contributed by atoms with Crippen molar-refractivity contribution in [2.45, 2.75) is 33.6 Å². The van der Waals surface area contributed by atoms with Gasteiger partial charge in [-0.15, -0.1) is 0 Å². The van der Waals surface area contributed by atoms with Crippen LogP contribution in [-0.2, 0) is 11.2 Å². The molecule has 1 aromatic rings. The zero-order valence-electron chi connectivity index (χ0n) is 10.5. The molecule has 0 saturated heterocycles. The molecule has 0 radical (unpaired) electrons. The van der Waals surface area contributed by atoms with Crippen LogP contribution < -0.4 is 10.9 Å². The molecule has 0 aromatic carbocycles. The summed E-state index contributed by atoms with van der Waals surface area (Å²) in [4.78, 5) is 16.0. The molecule has 0 saturated carbocycles. The smallest absolute Gasteiger partial charge is 0.228 e. The summed E-state index contributed by atoms with van der Waals surface area (Å²) in [5.41, 5.74) is 2.04. The van der Waals surface area contributed by atoms with Gasteiger partial charge in [-0.1, -0.05) is 39.3 Å². The second kappa shape index (κ2) is 5.68. The topological polar surface area (TPSA) is 42.0 Å². The van der Waals surface area contributed by atoms with Gasteiger partial charge in [-0.2, -0.15) is 0 Å². The van der Waals surface area contributed by atoms with E-state index in [0.717, 1.165) is 29.8 Å². The zero-order valence-corrected chi connectivity index (χ0v) is 10.5. The van der Waals surface area contributed by atoms with Crippen LogP contribution in [0.15, 0.2) is 12.1 Å². The number of rotatable bonds is 4. The van der Waals surface area contributed by atoms with Gasteiger partial charge in [0.1, 0.15) is 5.82 Å². The summed E-state index contributed by atoms with van der Waals surface area (Å²) in [7, 11) is 1.93. The van der Waals surface area contributed by atoms with Crippen molar-refractivity contribution in [3.8, 4) is 0 Å². The molecule has 16 heavy (non-hydrogen) atoms. The Labute approximate surface area is 98.1 Å². The summed E-state index contributed by atoms with van der Waals surface area (Å²) in [6.07, 6.45) is 2.00. The molecular weight excluding hydrogens is 199 g/mol. The van der Waals surface area contributed by atoms with Crippen LogP contribution in [0.5, 0.6) is 0 Å². The first kappa shape index (κ1) is 12.8. The molecule has 1 heterocycles. The van der Waals surface area contributed by atoms with Crippen molar-refractivity contribution in [3.05, 3.63) is 17.7 Å². The van der Waals surface area contributed by atoms with Crippen molar-refractivity contribution in [3.63, 3.8) is 0 Å². The van der Waals surface area contributed by atoms with Gasteiger partial charge in [0.2, 0.25) is 5.91 Å². The fourth-order valence-corrected chi connectivity index (χ4v) is 1.43. The predicted molar refractivity (Wildman–Crippen MR) is 69.9 cm³/mol. The Balaban J connectivity index is 2.91. The Morgan fingerprint density at radius 3 is 2.75 bits per heavy atom. The van der Waals surface area contributed by atoms with Crippen molar-refractivity contribution in [2.24, 2.45) is 5.92 Å². The van der Waals surface area contributed by atoms with Crippen LogP contribution in [0.4, 0.5) is 5.82 Å². The fraction of sp³-hybridized carbons (Fsp3) is 0.500. The molecule has 86 valence electrons. The van der Waals surface area contributed by atoms with Crippen LogP contribution in [0.2, 0.25) is 0 Å². The number of carbonyl (C=O) groups is 1. The number of aryl methyl sites for hydroxylation is 1. The summed E-state index contributed by atoms with van der Waals surface area (Å²) in [5.74, 6) is 0.729. The van der Waals surface area contributed by atoms with E-state index in [1.54, 1.807) is 0 Å². The van der Waals surface area contributed by atoms with E-state index in [1.165, 1.54) is 0 Å². The first-order valence-electron chi connectivity index (χ1n) is 5.82. The van der Waals surface area contributed by atoms with Gasteiger partial charge in [-0.3, -0.25) is 4.79 Å². The maximum absolute atomic E-state index is 11.6. The molecule has 4 heteroatoms. The average Bonchev–Trinajstić information content (AvgIpc) is 2.22. The van der Waals surface area contributed by atoms with Crippen molar-refractivity contribution in [2.75, 3.05) is 5.32 Å². The van der Waals surface area contributed by atoms with Crippen molar-refractivity contribution < 1.29 is 4.79 Å². The lowest BCUT2D eigenvalue weighted by Gasteiger charge is -2.12. The number of aromatic nitrogens is 1. The first-order chi connectivity index (χ1) is 7.54. The van der Waals surface area contributed by atoms with Gasteiger partial charge >= 0.3 is 0 Å². The van der Waals surface area contributed by atoms with E-state index in [0.29, 0.717) is 0 Å². The molecule has 0 aliphatic rings. The zero-order chi connectivity index (χ0) is 12.1. The minimum Gasteiger partial charge on any atom is -0.310 e. The van der Waals surface area contributed by atoms with E-state index in [9.17, 15) is 4.79 Å². The quantitative estimate of drug-likeness (QED) is 0.762. The minimum atomic E-state index is -0.0169. The van der Waals surface area contributed by atoms with Gasteiger partial charge in [0.25, 0.3) is 0 Å². The Hall–Kier alpha value is -1.32. The van der Waals surface area contributed by atoms with Crippen molar-refractivity contribution >= 4 is 25.2 Å². The average molecular weight is 218 g/mol. The molecule has 0 bridgehead atoms. The van der Waals surface area contributed by atoms with Crippen molar-refractivity contribution in [1.29, 1.82) is 0 Å². The summed E-state index contributed by atoms with van der Waals surface area (Å²) < 4.78 is 0. The maximum atomic E-state index is 11.6. The number of hydrogen-bond acceptors (Lipinski definition) is 2. The SMILES string of the molecule is Bc1ccc(CCC)c(NC(=O)C(C)C)n1. The van der Waals surface area contributed by atoms with Gasteiger partial charge in [0.15, 0.2) is 7.85 Å². The maximum Gasteiger partial charge on any atom is 0.228 e. The lowest BCUT2D eigenvalue weighted by Crippen LogP contribution is -2.22. The summed E-state index contributed by atoms with van der Waals surface area (Å²) >= 11 is 0. The summed E-state index contributed by atoms with van der Waals surface area (Å²) in [5, 5.41) is 2.89. The predicted octanol–water partition coefficient (Wildman–Crippen LogP) is 0.887. The van der Waals surface area contributed by atoms with Crippen LogP contribution in [0, 0.1) is 5.92 Å². The number of nitrogens with zero attached hydrogens (tertiary/aromatic N) is 1. The van der Waals surface area contributed by atoms with E-state index in [4.69, 9.17) is 0 Å². The van der Waals surface area contributed by atoms with Crippen LogP contribution in [-0.4, -0.2) is 18.7 Å². The van der Waals surface area contributed by atoms with Crippen LogP contribution >= 0.6 is 0 Å². The highest BCUT2D eigenvalue weighted by Gasteiger charge is 2.11. The normalized spacial score (nSPS) is 10.5. The van der Waals surface area contributed by atoms with Gasteiger partial charge in [0.05, 0.1) is 0 Å². The van der Waals surface area contributed by atoms with Gasteiger partial charge in [-0.05, 0) is 17.6 Å². The molecule has 0 aliphatic carbocycles. The molecule has 0 atom stereocenters. The molecule has 1 rings (SSSR count). The molecule has 0 aliphatic heterocycles. The molecule has 3 nitrogen and oxygen atoms in total. The van der Waals surface area contributed by atoms with Crippen LogP contribution in [0.1, 0.15) is 32.8 Å². The van der Waals surface area contributed by atoms with E-state index in [2.05, 4.69) is 17.2 Å². The van der Waals surface area contributed by atoms with E-state index in [1.807, 2.05) is 33.8 Å². The second-order valence-electron chi connectivity index (χ2n) is 4.35. The molecule has 1 aromatic heterocycles. The van der Waals surface area contributed by atoms with E-state index < -0.39 is 0 Å². The van der Waals surface area contributed by atoms with Gasteiger partial charge in [0, 0.05) is 5.92 Å². The Morgan fingerprint density at radius 2 is 2.19 bits per heavy atom. The Morgan fingerprint density at radius 1 is 1.50 bits per heavy atom. The van der Waals surface area contributed by atoms with Crippen LogP contribution in [0.25, 0.3) is 0 Å². The summed E-state index contributed by atoms with van der Waals surface area (Å²) in [6.45, 7) is 5.88. The Bertz CT molecular complexity index is 377. The number of amides is 1. The molecule has 1 N–H and O–H groups in total. The van der Waals surface area contributed by atoms with Gasteiger partial charge in [-0.25, -0.2) is 4.98 Å². The standard InChI is InChI=1S/C12H19BN2O/c1-4-5-9-6-7-10(13)14-11(9)15-12(16)8(2)3/h6-8H,4-5,13H2,1-3H3,(H,14,15,16). The number of anilines is 1.